The summed E-state index contributed by atoms with van der Waals surface area (Å²) in [5.41, 5.74) is 1.30. The molecule has 1 N–H and O–H groups in total. The van der Waals surface area contributed by atoms with Gasteiger partial charge in [-0.25, -0.2) is 9.37 Å². The molecule has 17 heavy (non-hydrogen) atoms. The first kappa shape index (κ1) is 11.3. The molecule has 2 nitrogen and oxygen atoms in total. The molecule has 0 aliphatic carbocycles. The lowest BCUT2D eigenvalue weighted by atomic mass is 10.1. The van der Waals surface area contributed by atoms with Crippen molar-refractivity contribution in [2.75, 3.05) is 13.1 Å². The van der Waals surface area contributed by atoms with Crippen LogP contribution in [0.15, 0.2) is 28.1 Å². The molecule has 0 unspecified atom stereocenters. The number of aromatic nitrogens is 1. The molecule has 2 aromatic rings. The second kappa shape index (κ2) is 4.48. The Labute approximate surface area is 111 Å². The minimum Gasteiger partial charge on any atom is -0.315 e. The Hall–Kier alpha value is -0.780. The van der Waals surface area contributed by atoms with E-state index in [0.717, 1.165) is 28.3 Å². The van der Waals surface area contributed by atoms with Crippen LogP contribution in [-0.4, -0.2) is 18.1 Å². The molecule has 1 aliphatic heterocycles. The Morgan fingerprint density at radius 1 is 1.41 bits per heavy atom. The lowest BCUT2D eigenvalue weighted by molar-refractivity contribution is 0.447. The van der Waals surface area contributed by atoms with E-state index in [0.29, 0.717) is 11.5 Å². The standard InChI is InChI=1S/C12H10BrFN2S/c13-8-1-2-10(14)9(3-8)11-6-17-12(16-11)7-4-15-5-7/h1-3,6-7,15H,4-5H2. The van der Waals surface area contributed by atoms with Gasteiger partial charge in [0.1, 0.15) is 5.82 Å². The van der Waals surface area contributed by atoms with Crippen molar-refractivity contribution < 1.29 is 4.39 Å². The molecule has 3 rings (SSSR count). The molecule has 1 fully saturated rings. The second-order valence-corrected chi connectivity index (χ2v) is 5.86. The SMILES string of the molecule is Fc1ccc(Br)cc1-c1csc(C2CNC2)n1. The van der Waals surface area contributed by atoms with Crippen molar-refractivity contribution in [3.63, 3.8) is 0 Å². The highest BCUT2D eigenvalue weighted by molar-refractivity contribution is 9.10. The Morgan fingerprint density at radius 3 is 2.94 bits per heavy atom. The molecule has 5 heteroatoms. The lowest BCUT2D eigenvalue weighted by Crippen LogP contribution is -2.39. The molecule has 1 aliphatic rings. The zero-order valence-corrected chi connectivity index (χ0v) is 11.3. The van der Waals surface area contributed by atoms with Crippen LogP contribution in [0.5, 0.6) is 0 Å². The summed E-state index contributed by atoms with van der Waals surface area (Å²) in [7, 11) is 0. The van der Waals surface area contributed by atoms with Gasteiger partial charge in [0.15, 0.2) is 0 Å². The second-order valence-electron chi connectivity index (χ2n) is 4.05. The maximum atomic E-state index is 13.7. The van der Waals surface area contributed by atoms with E-state index in [1.165, 1.54) is 6.07 Å². The van der Waals surface area contributed by atoms with Crippen LogP contribution in [0.3, 0.4) is 0 Å². The molecule has 0 saturated carbocycles. The third-order valence-corrected chi connectivity index (χ3v) is 4.36. The molecule has 88 valence electrons. The summed E-state index contributed by atoms with van der Waals surface area (Å²) in [6.45, 7) is 1.96. The number of rotatable bonds is 2. The van der Waals surface area contributed by atoms with E-state index >= 15 is 0 Å². The minimum absolute atomic E-state index is 0.225. The number of nitrogens with zero attached hydrogens (tertiary/aromatic N) is 1. The van der Waals surface area contributed by atoms with Gasteiger partial charge in [-0.1, -0.05) is 15.9 Å². The van der Waals surface area contributed by atoms with E-state index in [2.05, 4.69) is 26.2 Å². The Balaban J connectivity index is 1.97. The van der Waals surface area contributed by atoms with E-state index in [1.807, 2.05) is 5.38 Å². The fraction of sp³-hybridized carbons (Fsp3) is 0.250. The van der Waals surface area contributed by atoms with Gasteiger partial charge in [-0.15, -0.1) is 11.3 Å². The molecule has 0 amide bonds. The van der Waals surface area contributed by atoms with Crippen molar-refractivity contribution >= 4 is 27.3 Å². The van der Waals surface area contributed by atoms with Crippen molar-refractivity contribution in [2.24, 2.45) is 0 Å². The number of hydrogen-bond acceptors (Lipinski definition) is 3. The Bertz CT molecular complexity index is 551. The Kier molecular flexibility index (Phi) is 2.98. The first-order chi connectivity index (χ1) is 8.24. The van der Waals surface area contributed by atoms with Gasteiger partial charge in [0.2, 0.25) is 0 Å². The number of thiazole rings is 1. The molecule has 0 spiro atoms. The van der Waals surface area contributed by atoms with Crippen LogP contribution >= 0.6 is 27.3 Å². The van der Waals surface area contributed by atoms with Gasteiger partial charge in [0.25, 0.3) is 0 Å². The maximum Gasteiger partial charge on any atom is 0.132 e. The topological polar surface area (TPSA) is 24.9 Å². The summed E-state index contributed by atoms with van der Waals surface area (Å²) in [4.78, 5) is 4.52. The predicted molar refractivity (Wildman–Crippen MR) is 70.8 cm³/mol. The van der Waals surface area contributed by atoms with Crippen LogP contribution < -0.4 is 5.32 Å². The molecule has 0 bridgehead atoms. The number of halogens is 2. The van der Waals surface area contributed by atoms with Crippen molar-refractivity contribution in [1.82, 2.24) is 10.3 Å². The third-order valence-electron chi connectivity index (χ3n) is 2.86. The van der Waals surface area contributed by atoms with Crippen LogP contribution in [0.1, 0.15) is 10.9 Å². The summed E-state index contributed by atoms with van der Waals surface area (Å²) in [5, 5.41) is 6.24. The summed E-state index contributed by atoms with van der Waals surface area (Å²) in [6, 6.07) is 4.93. The van der Waals surface area contributed by atoms with E-state index in [9.17, 15) is 4.39 Å². The van der Waals surface area contributed by atoms with E-state index < -0.39 is 0 Å². The predicted octanol–water partition coefficient (Wildman–Crippen LogP) is 3.40. The zero-order valence-electron chi connectivity index (χ0n) is 8.91. The smallest absolute Gasteiger partial charge is 0.132 e. The quantitative estimate of drug-likeness (QED) is 0.919. The highest BCUT2D eigenvalue weighted by atomic mass is 79.9. The highest BCUT2D eigenvalue weighted by Crippen LogP contribution is 2.31. The van der Waals surface area contributed by atoms with Gasteiger partial charge in [0.05, 0.1) is 10.7 Å². The highest BCUT2D eigenvalue weighted by Gasteiger charge is 2.22. The summed E-state index contributed by atoms with van der Waals surface area (Å²) in [5.74, 6) is 0.278. The van der Waals surface area contributed by atoms with Gasteiger partial charge >= 0.3 is 0 Å². The molecule has 0 atom stereocenters. The Morgan fingerprint density at radius 2 is 2.24 bits per heavy atom. The van der Waals surface area contributed by atoms with Crippen molar-refractivity contribution in [2.45, 2.75) is 5.92 Å². The van der Waals surface area contributed by atoms with E-state index in [4.69, 9.17) is 0 Å². The molecule has 1 saturated heterocycles. The lowest BCUT2D eigenvalue weighted by Gasteiger charge is -2.24. The molecular weight excluding hydrogens is 303 g/mol. The first-order valence-corrected chi connectivity index (χ1v) is 7.03. The van der Waals surface area contributed by atoms with Gasteiger partial charge < -0.3 is 5.32 Å². The van der Waals surface area contributed by atoms with Crippen LogP contribution in [0.25, 0.3) is 11.3 Å². The number of nitrogens with one attached hydrogen (secondary N) is 1. The normalized spacial score (nSPS) is 15.9. The average Bonchev–Trinajstić information content (AvgIpc) is 2.68. The number of hydrogen-bond donors (Lipinski definition) is 1. The molecule has 0 radical (unpaired) electrons. The number of benzene rings is 1. The molecular formula is C12H10BrFN2S. The average molecular weight is 313 g/mol. The summed E-state index contributed by atoms with van der Waals surface area (Å²) >= 11 is 4.96. The molecule has 2 heterocycles. The monoisotopic (exact) mass is 312 g/mol. The van der Waals surface area contributed by atoms with Crippen molar-refractivity contribution in [3.05, 3.63) is 38.9 Å². The van der Waals surface area contributed by atoms with Crippen molar-refractivity contribution in [3.8, 4) is 11.3 Å². The van der Waals surface area contributed by atoms with Gasteiger partial charge in [-0.2, -0.15) is 0 Å². The third kappa shape index (κ3) is 2.14. The minimum atomic E-state index is -0.225. The maximum absolute atomic E-state index is 13.7. The molecule has 1 aromatic heterocycles. The fourth-order valence-corrected chi connectivity index (χ4v) is 3.04. The molecule has 1 aromatic carbocycles. The summed E-state index contributed by atoms with van der Waals surface area (Å²) < 4.78 is 14.6. The fourth-order valence-electron chi connectivity index (χ4n) is 1.76. The van der Waals surface area contributed by atoms with Crippen LogP contribution in [0.4, 0.5) is 4.39 Å². The largest absolute Gasteiger partial charge is 0.315 e. The van der Waals surface area contributed by atoms with E-state index in [1.54, 1.807) is 23.5 Å². The first-order valence-electron chi connectivity index (χ1n) is 5.35. The van der Waals surface area contributed by atoms with Gasteiger partial charge in [0, 0.05) is 34.4 Å². The summed E-state index contributed by atoms with van der Waals surface area (Å²) in [6.07, 6.45) is 0. The van der Waals surface area contributed by atoms with Crippen LogP contribution in [0, 0.1) is 5.82 Å². The van der Waals surface area contributed by atoms with Gasteiger partial charge in [-0.05, 0) is 18.2 Å². The van der Waals surface area contributed by atoms with Crippen molar-refractivity contribution in [1.29, 1.82) is 0 Å². The van der Waals surface area contributed by atoms with Gasteiger partial charge in [-0.3, -0.25) is 0 Å². The van der Waals surface area contributed by atoms with Crippen LogP contribution in [-0.2, 0) is 0 Å². The zero-order chi connectivity index (χ0) is 11.8. The van der Waals surface area contributed by atoms with E-state index in [-0.39, 0.29) is 5.82 Å². The van der Waals surface area contributed by atoms with Crippen LogP contribution in [0.2, 0.25) is 0 Å².